The molecule has 0 fully saturated rings. The first kappa shape index (κ1) is 45.4. The van der Waals surface area contributed by atoms with Gasteiger partial charge in [0.15, 0.2) is 0 Å². The van der Waals surface area contributed by atoms with Crippen molar-refractivity contribution < 1.29 is 0 Å². The van der Waals surface area contributed by atoms with Gasteiger partial charge in [0, 0.05) is 98.0 Å². The van der Waals surface area contributed by atoms with Gasteiger partial charge in [-0.1, -0.05) is 132 Å². The fourth-order valence-electron chi connectivity index (χ4n) is 9.99. The van der Waals surface area contributed by atoms with E-state index in [0.29, 0.717) is 29.6 Å². The Morgan fingerprint density at radius 3 is 1.10 bits per heavy atom. The molecule has 0 saturated heterocycles. The van der Waals surface area contributed by atoms with E-state index in [0.717, 1.165) is 45.3 Å². The fraction of sp³-hybridized carbons (Fsp3) is 0.148. The smallest absolute Gasteiger partial charge is 0.0646 e. The van der Waals surface area contributed by atoms with Gasteiger partial charge in [0.05, 0.1) is 45.9 Å². The molecule has 6 nitrogen and oxygen atoms in total. The van der Waals surface area contributed by atoms with E-state index < -0.39 is 0 Å². The van der Waals surface area contributed by atoms with Crippen molar-refractivity contribution in [3.05, 3.63) is 226 Å². The Bertz CT molecular complexity index is 3180. The highest BCUT2D eigenvalue weighted by atomic mass is 35.5. The lowest BCUT2D eigenvalue weighted by Crippen LogP contribution is -2.18. The van der Waals surface area contributed by atoms with Crippen molar-refractivity contribution in [3.8, 4) is 22.5 Å². The minimum atomic E-state index is 0.614. The SMILES string of the molecule is CN(C)c1ccc(N(Cc2c(-c3ccccc3)n(C)c3ccccc23)c2ccc(Cc3ccc(N(Cc4c(-c5ccccc5)n(C)c5ccccc45)c4ccc(N(C)C)cc4)c(Cl)c3)cc2Cl)cc1. The Balaban J connectivity index is 1.000. The summed E-state index contributed by atoms with van der Waals surface area (Å²) in [6, 6.07) is 69.2. The predicted molar refractivity (Wildman–Crippen MR) is 296 cm³/mol. The van der Waals surface area contributed by atoms with Crippen LogP contribution in [0, 0.1) is 0 Å². The van der Waals surface area contributed by atoms with E-state index in [1.165, 1.54) is 55.4 Å². The highest BCUT2D eigenvalue weighted by Crippen LogP contribution is 2.43. The van der Waals surface area contributed by atoms with Crippen molar-refractivity contribution in [1.29, 1.82) is 0 Å². The topological polar surface area (TPSA) is 22.8 Å². The van der Waals surface area contributed by atoms with E-state index >= 15 is 0 Å². The Labute approximate surface area is 416 Å². The maximum atomic E-state index is 7.45. The number of para-hydroxylation sites is 2. The highest BCUT2D eigenvalue weighted by molar-refractivity contribution is 6.34. The first-order chi connectivity index (χ1) is 33.5. The molecule has 0 bridgehead atoms. The number of halogens is 2. The van der Waals surface area contributed by atoms with E-state index in [1.807, 2.05) is 0 Å². The number of rotatable bonds is 14. The summed E-state index contributed by atoms with van der Waals surface area (Å²) in [6.07, 6.45) is 0.665. The lowest BCUT2D eigenvalue weighted by Gasteiger charge is -2.28. The average molecular weight is 944 g/mol. The molecule has 0 spiro atoms. The number of hydrogen-bond acceptors (Lipinski definition) is 4. The van der Waals surface area contributed by atoms with Crippen LogP contribution in [0.15, 0.2) is 194 Å². The monoisotopic (exact) mass is 942 g/mol. The number of anilines is 6. The summed E-state index contributed by atoms with van der Waals surface area (Å²) < 4.78 is 4.64. The van der Waals surface area contributed by atoms with Crippen LogP contribution < -0.4 is 19.6 Å². The molecule has 0 atom stereocenters. The quantitative estimate of drug-likeness (QED) is 0.108. The molecule has 69 heavy (non-hydrogen) atoms. The molecule has 0 amide bonds. The second-order valence-corrected chi connectivity index (χ2v) is 19.1. The molecule has 0 saturated carbocycles. The zero-order valence-corrected chi connectivity index (χ0v) is 41.5. The normalized spacial score (nSPS) is 11.4. The van der Waals surface area contributed by atoms with E-state index in [9.17, 15) is 0 Å². The van der Waals surface area contributed by atoms with Crippen LogP contribution in [0.5, 0.6) is 0 Å². The minimum absolute atomic E-state index is 0.614. The van der Waals surface area contributed by atoms with Gasteiger partial charge in [0.25, 0.3) is 0 Å². The number of nitrogens with zero attached hydrogens (tertiary/aromatic N) is 6. The van der Waals surface area contributed by atoms with Gasteiger partial charge in [-0.05, 0) is 114 Å². The van der Waals surface area contributed by atoms with E-state index in [2.05, 4.69) is 265 Å². The van der Waals surface area contributed by atoms with Crippen molar-refractivity contribution >= 4 is 79.1 Å². The summed E-state index contributed by atoms with van der Waals surface area (Å²) >= 11 is 14.9. The van der Waals surface area contributed by atoms with Crippen LogP contribution in [0.1, 0.15) is 22.3 Å². The standard InChI is InChI=1S/C61H56Cl2N6/c1-64(2)46-27-31-48(32-28-46)68(40-52-50-21-13-15-23-56(50)66(5)60(52)44-17-9-7-10-18-44)58-35-25-42(38-54(58)62)37-43-26-36-59(55(63)39-43)69(49-33-29-47(30-34-49)65(3)4)41-53-51-22-14-16-24-57(51)67(6)61(53)45-19-11-8-12-20-45/h7-36,38-39H,37,40-41H2,1-6H3. The lowest BCUT2D eigenvalue weighted by molar-refractivity contribution is 0.939. The zero-order chi connectivity index (χ0) is 47.8. The summed E-state index contributed by atoms with van der Waals surface area (Å²) in [6.45, 7) is 1.23. The van der Waals surface area contributed by atoms with Gasteiger partial charge in [-0.15, -0.1) is 0 Å². The molecule has 2 aromatic heterocycles. The third-order valence-corrected chi connectivity index (χ3v) is 14.1. The highest BCUT2D eigenvalue weighted by Gasteiger charge is 2.24. The second kappa shape index (κ2) is 19.3. The molecule has 0 aliphatic rings. The van der Waals surface area contributed by atoms with E-state index in [-0.39, 0.29) is 0 Å². The summed E-state index contributed by atoms with van der Waals surface area (Å²) in [5, 5.41) is 3.81. The number of aromatic nitrogens is 2. The molecule has 0 N–H and O–H groups in total. The molecular weight excluding hydrogens is 888 g/mol. The Hall–Kier alpha value is -7.38. The predicted octanol–water partition coefficient (Wildman–Crippen LogP) is 15.7. The van der Waals surface area contributed by atoms with Gasteiger partial charge < -0.3 is 28.7 Å². The molecule has 8 heteroatoms. The second-order valence-electron chi connectivity index (χ2n) is 18.3. The van der Waals surface area contributed by atoms with Crippen molar-refractivity contribution in [1.82, 2.24) is 9.13 Å². The van der Waals surface area contributed by atoms with Crippen LogP contribution in [0.3, 0.4) is 0 Å². The number of hydrogen-bond donors (Lipinski definition) is 0. The number of benzene rings is 8. The maximum absolute atomic E-state index is 7.45. The van der Waals surface area contributed by atoms with Crippen LogP contribution in [0.4, 0.5) is 34.1 Å². The Morgan fingerprint density at radius 1 is 0.391 bits per heavy atom. The van der Waals surface area contributed by atoms with E-state index in [1.54, 1.807) is 0 Å². The molecule has 10 rings (SSSR count). The largest absolute Gasteiger partial charge is 0.378 e. The van der Waals surface area contributed by atoms with Crippen molar-refractivity contribution in [3.63, 3.8) is 0 Å². The first-order valence-corrected chi connectivity index (χ1v) is 24.2. The summed E-state index contributed by atoms with van der Waals surface area (Å²) in [4.78, 5) is 8.95. The van der Waals surface area contributed by atoms with Crippen LogP contribution in [0.25, 0.3) is 44.3 Å². The Kier molecular flexibility index (Phi) is 12.7. The summed E-state index contributed by atoms with van der Waals surface area (Å²) in [5.41, 5.74) is 18.1. The molecule has 0 radical (unpaired) electrons. The number of fused-ring (bicyclic) bond motifs is 2. The van der Waals surface area contributed by atoms with Gasteiger partial charge in [-0.25, -0.2) is 0 Å². The molecule has 0 unspecified atom stereocenters. The fourth-order valence-corrected chi connectivity index (χ4v) is 10.6. The van der Waals surface area contributed by atoms with E-state index in [4.69, 9.17) is 23.2 Å². The van der Waals surface area contributed by atoms with Crippen LogP contribution in [-0.2, 0) is 33.6 Å². The average Bonchev–Trinajstić information content (AvgIpc) is 3.81. The van der Waals surface area contributed by atoms with Crippen LogP contribution in [-0.4, -0.2) is 37.3 Å². The molecule has 0 aliphatic heterocycles. The van der Waals surface area contributed by atoms with Crippen molar-refractivity contribution in [2.24, 2.45) is 14.1 Å². The molecule has 10 aromatic rings. The zero-order valence-electron chi connectivity index (χ0n) is 40.0. The van der Waals surface area contributed by atoms with Crippen molar-refractivity contribution in [2.75, 3.05) is 47.8 Å². The van der Waals surface area contributed by atoms with Gasteiger partial charge >= 0.3 is 0 Å². The number of aryl methyl sites for hydroxylation is 2. The molecule has 344 valence electrons. The Morgan fingerprint density at radius 2 is 0.739 bits per heavy atom. The third-order valence-electron chi connectivity index (χ3n) is 13.5. The van der Waals surface area contributed by atoms with Gasteiger partial charge in [0.2, 0.25) is 0 Å². The maximum Gasteiger partial charge on any atom is 0.0646 e. The molecule has 0 aliphatic carbocycles. The molecule has 8 aromatic carbocycles. The summed E-state index contributed by atoms with van der Waals surface area (Å²) in [7, 11) is 12.6. The first-order valence-electron chi connectivity index (χ1n) is 23.4. The summed E-state index contributed by atoms with van der Waals surface area (Å²) in [5.74, 6) is 0. The molecule has 2 heterocycles. The van der Waals surface area contributed by atoms with Gasteiger partial charge in [-0.2, -0.15) is 0 Å². The van der Waals surface area contributed by atoms with Crippen LogP contribution >= 0.6 is 23.2 Å². The van der Waals surface area contributed by atoms with Crippen molar-refractivity contribution in [2.45, 2.75) is 19.5 Å². The third kappa shape index (κ3) is 8.94. The molecular formula is C61H56Cl2N6. The van der Waals surface area contributed by atoms with Gasteiger partial charge in [-0.3, -0.25) is 0 Å². The lowest BCUT2D eigenvalue weighted by atomic mass is 10.0. The minimum Gasteiger partial charge on any atom is -0.378 e. The van der Waals surface area contributed by atoms with Gasteiger partial charge in [0.1, 0.15) is 0 Å². The van der Waals surface area contributed by atoms with Crippen LogP contribution in [0.2, 0.25) is 10.0 Å².